The molecule has 1 aromatic carbocycles. The molecule has 40 heavy (non-hydrogen) atoms. The summed E-state index contributed by atoms with van der Waals surface area (Å²) in [5, 5.41) is 61.1. The lowest BCUT2D eigenvalue weighted by molar-refractivity contribution is -0.140. The van der Waals surface area contributed by atoms with Crippen molar-refractivity contribution in [1.82, 2.24) is 15.1 Å². The molecule has 12 heteroatoms. The summed E-state index contributed by atoms with van der Waals surface area (Å²) in [6.07, 6.45) is 3.23. The van der Waals surface area contributed by atoms with Crippen molar-refractivity contribution in [3.8, 4) is 17.0 Å². The number of Topliss-reactive ketones (excluding diaryl/α,β-unsaturated/α-hetero) is 1. The van der Waals surface area contributed by atoms with Crippen molar-refractivity contribution in [3.05, 3.63) is 52.4 Å². The average molecular weight is 550 g/mol. The van der Waals surface area contributed by atoms with Gasteiger partial charge in [-0.05, 0) is 55.4 Å². The summed E-state index contributed by atoms with van der Waals surface area (Å²) < 4.78 is 5.47. The van der Waals surface area contributed by atoms with E-state index in [-0.39, 0.29) is 35.8 Å². The highest BCUT2D eigenvalue weighted by Crippen LogP contribution is 2.53. The van der Waals surface area contributed by atoms with Gasteiger partial charge in [-0.25, -0.2) is 0 Å². The highest BCUT2D eigenvalue weighted by Gasteiger charge is 2.63. The van der Waals surface area contributed by atoms with Gasteiger partial charge in [0.25, 0.3) is 5.91 Å². The minimum atomic E-state index is -2.52. The number of ketones is 1. The molecule has 1 aliphatic heterocycles. The van der Waals surface area contributed by atoms with E-state index in [0.717, 1.165) is 0 Å². The third-order valence-electron chi connectivity index (χ3n) is 9.10. The van der Waals surface area contributed by atoms with Crippen LogP contribution in [0, 0.1) is 17.2 Å². The van der Waals surface area contributed by atoms with E-state index in [9.17, 15) is 30.0 Å². The second-order valence-electron chi connectivity index (χ2n) is 11.0. The second-order valence-corrected chi connectivity index (χ2v) is 11.0. The van der Waals surface area contributed by atoms with Crippen LogP contribution in [0.2, 0.25) is 0 Å². The summed E-state index contributed by atoms with van der Waals surface area (Å²) in [5.74, 6) is -4.80. The number of nitrogens with zero attached hydrogens (tertiary/aromatic N) is 2. The maximum absolute atomic E-state index is 14.2. The van der Waals surface area contributed by atoms with Crippen molar-refractivity contribution in [2.75, 3.05) is 20.2 Å². The molecule has 2 aromatic rings. The lowest BCUT2D eigenvalue weighted by Crippen LogP contribution is -2.68. The van der Waals surface area contributed by atoms with Gasteiger partial charge < -0.3 is 36.3 Å². The Morgan fingerprint density at radius 1 is 1.23 bits per heavy atom. The van der Waals surface area contributed by atoms with Crippen molar-refractivity contribution < 1.29 is 34.8 Å². The Kier molecular flexibility index (Phi) is 6.09. The molecule has 12 nitrogen and oxygen atoms in total. The molecule has 1 amide bonds. The number of H-pyrrole nitrogens is 1. The average Bonchev–Trinajstić information content (AvgIpc) is 3.46. The van der Waals surface area contributed by atoms with Crippen LogP contribution in [0.1, 0.15) is 30.4 Å². The van der Waals surface area contributed by atoms with Crippen LogP contribution >= 0.6 is 0 Å². The number of carbonyl (C=O) groups excluding carboxylic acids is 2. The van der Waals surface area contributed by atoms with E-state index in [0.29, 0.717) is 42.8 Å². The van der Waals surface area contributed by atoms with Crippen LogP contribution in [0.15, 0.2) is 41.3 Å². The van der Waals surface area contributed by atoms with Gasteiger partial charge in [-0.15, -0.1) is 0 Å². The number of phenolic OH excluding ortho intramolecular Hbond substituents is 1. The third-order valence-corrected chi connectivity index (χ3v) is 9.10. The molecular weight excluding hydrogens is 518 g/mol. The number of piperidine rings is 1. The van der Waals surface area contributed by atoms with E-state index in [1.54, 1.807) is 25.4 Å². The number of ether oxygens (including phenoxy) is 1. The third kappa shape index (κ3) is 3.56. The largest absolute Gasteiger partial charge is 0.510 e. The summed E-state index contributed by atoms with van der Waals surface area (Å²) in [5.41, 5.74) is 3.58. The van der Waals surface area contributed by atoms with E-state index < -0.39 is 58.0 Å². The van der Waals surface area contributed by atoms with Crippen LogP contribution < -0.4 is 5.73 Å². The minimum Gasteiger partial charge on any atom is -0.510 e. The summed E-state index contributed by atoms with van der Waals surface area (Å²) in [6.45, 7) is 0.930. The monoisotopic (exact) mass is 549 g/mol. The molecule has 4 aliphatic rings. The molecule has 6 rings (SSSR count). The Labute approximate surface area is 229 Å². The van der Waals surface area contributed by atoms with Crippen LogP contribution in [-0.4, -0.2) is 90.9 Å². The molecule has 0 unspecified atom stereocenters. The molecule has 0 bridgehead atoms. The number of nitrogens with two attached hydrogens (primary N) is 1. The van der Waals surface area contributed by atoms with Gasteiger partial charge in [0, 0.05) is 43.5 Å². The van der Waals surface area contributed by atoms with Crippen LogP contribution in [-0.2, 0) is 20.7 Å². The number of rotatable bonds is 4. The fraction of sp³-hybridized carbons (Fsp3) is 0.429. The predicted molar refractivity (Wildman–Crippen MR) is 142 cm³/mol. The van der Waals surface area contributed by atoms with E-state index in [1.807, 2.05) is 4.90 Å². The molecule has 0 radical (unpaired) electrons. The number of hydrogen-bond acceptors (Lipinski definition) is 10. The van der Waals surface area contributed by atoms with Crippen molar-refractivity contribution in [1.29, 1.82) is 5.41 Å². The number of nitrogens with one attached hydrogen (secondary N) is 2. The van der Waals surface area contributed by atoms with Gasteiger partial charge >= 0.3 is 0 Å². The van der Waals surface area contributed by atoms with Crippen molar-refractivity contribution in [2.24, 2.45) is 17.6 Å². The first-order valence-corrected chi connectivity index (χ1v) is 13.2. The molecule has 1 saturated carbocycles. The number of aromatic hydroxyl groups is 1. The summed E-state index contributed by atoms with van der Waals surface area (Å²) in [4.78, 5) is 28.5. The molecule has 1 aromatic heterocycles. The normalized spacial score (nSPS) is 29.3. The first kappa shape index (κ1) is 26.2. The number of fused-ring (bicyclic) bond motifs is 3. The van der Waals surface area contributed by atoms with E-state index in [4.69, 9.17) is 15.9 Å². The van der Waals surface area contributed by atoms with Gasteiger partial charge in [-0.3, -0.25) is 19.6 Å². The Balaban J connectivity index is 1.50. The molecule has 2 heterocycles. The molecule has 1 saturated heterocycles. The summed E-state index contributed by atoms with van der Waals surface area (Å²) >= 11 is 0. The van der Waals surface area contributed by atoms with E-state index in [1.165, 1.54) is 6.07 Å². The SMILES string of the molecule is COC1CCN([C@H]2C(O)=C(C(N)=O)C(=N)[C@@]3(O)C(=O)C4=C(O)c5c(O)ccc(-c6ccn[nH]6)c5C[C@H]4C[C@@H]23)CC1. The maximum atomic E-state index is 14.2. The number of aliphatic hydroxyl groups is 3. The van der Waals surface area contributed by atoms with Crippen molar-refractivity contribution >= 4 is 23.2 Å². The molecule has 4 atom stereocenters. The number of likely N-dealkylation sites (tertiary alicyclic amines) is 1. The first-order valence-electron chi connectivity index (χ1n) is 13.2. The van der Waals surface area contributed by atoms with Gasteiger partial charge in [-0.2, -0.15) is 5.10 Å². The lowest BCUT2D eigenvalue weighted by Gasteiger charge is -2.53. The second kappa shape index (κ2) is 9.29. The quantitative estimate of drug-likeness (QED) is 0.293. The number of phenols is 1. The zero-order valence-electron chi connectivity index (χ0n) is 21.8. The number of primary amides is 1. The summed E-state index contributed by atoms with van der Waals surface area (Å²) in [7, 11) is 1.62. The minimum absolute atomic E-state index is 0.0154. The van der Waals surface area contributed by atoms with Crippen molar-refractivity contribution in [2.45, 2.75) is 43.4 Å². The number of benzene rings is 1. The number of aliphatic hydroxyl groups excluding tert-OH is 2. The van der Waals surface area contributed by atoms with Gasteiger partial charge in [0.2, 0.25) is 5.78 Å². The molecular formula is C28H31N5O7. The topological polar surface area (TPSA) is 206 Å². The van der Waals surface area contributed by atoms with Crippen LogP contribution in [0.4, 0.5) is 0 Å². The number of hydrogen-bond donors (Lipinski definition) is 7. The van der Waals surface area contributed by atoms with Gasteiger partial charge in [0.15, 0.2) is 5.60 Å². The fourth-order valence-electron chi connectivity index (χ4n) is 7.17. The van der Waals surface area contributed by atoms with Crippen LogP contribution in [0.25, 0.3) is 17.0 Å². The highest BCUT2D eigenvalue weighted by atomic mass is 16.5. The highest BCUT2D eigenvalue weighted by molar-refractivity contribution is 6.34. The fourth-order valence-corrected chi connectivity index (χ4v) is 7.17. The van der Waals surface area contributed by atoms with Gasteiger partial charge in [0.1, 0.15) is 22.8 Å². The zero-order valence-corrected chi connectivity index (χ0v) is 21.8. The number of aromatic nitrogens is 2. The molecule has 3 aliphatic carbocycles. The van der Waals surface area contributed by atoms with Gasteiger partial charge in [-0.1, -0.05) is 0 Å². The summed E-state index contributed by atoms with van der Waals surface area (Å²) in [6, 6.07) is 3.91. The van der Waals surface area contributed by atoms with E-state index in [2.05, 4.69) is 10.2 Å². The predicted octanol–water partition coefficient (Wildman–Crippen LogP) is 1.35. The Bertz CT molecular complexity index is 1490. The Hall–Kier alpha value is -4.00. The van der Waals surface area contributed by atoms with Crippen LogP contribution in [0.5, 0.6) is 5.75 Å². The zero-order chi connectivity index (χ0) is 28.5. The number of aromatic amines is 1. The molecule has 0 spiro atoms. The number of methoxy groups -OCH3 is 1. The Morgan fingerprint density at radius 3 is 2.58 bits per heavy atom. The number of carbonyl (C=O) groups is 2. The van der Waals surface area contributed by atoms with Gasteiger partial charge in [0.05, 0.1) is 29.1 Å². The molecule has 210 valence electrons. The molecule has 8 N–H and O–H groups in total. The Morgan fingerprint density at radius 2 is 1.95 bits per heavy atom. The maximum Gasteiger partial charge on any atom is 0.254 e. The van der Waals surface area contributed by atoms with Crippen molar-refractivity contribution in [3.63, 3.8) is 0 Å². The lowest BCUT2D eigenvalue weighted by atomic mass is 9.56. The van der Waals surface area contributed by atoms with Crippen LogP contribution in [0.3, 0.4) is 0 Å². The first-order chi connectivity index (χ1) is 19.1. The molecule has 2 fully saturated rings. The standard InChI is InChI=1S/C28H31N5O7/c1-40-13-5-8-33(9-6-13)22-16-11-12-10-15-14(17-4-7-31-32-17)2-3-18(34)20(15)23(35)19(12)26(37)28(16,39)25(29)21(24(22)36)27(30)38/h2-4,7,12-13,16,22,29,34-36,39H,5-6,8-11H2,1H3,(H2,30,38)(H,31,32)/t12-,16-,22+,28+/m0/s1. The van der Waals surface area contributed by atoms with E-state index >= 15 is 0 Å². The number of amides is 1. The smallest absolute Gasteiger partial charge is 0.254 e.